The van der Waals surface area contributed by atoms with Gasteiger partial charge in [0.1, 0.15) is 22.8 Å². The zero-order chi connectivity index (χ0) is 21.4. The average Bonchev–Trinajstić information content (AvgIpc) is 2.61. The molecule has 3 rings (SSSR count). The molecule has 0 aliphatic rings. The number of ether oxygens (including phenoxy) is 2. The van der Waals surface area contributed by atoms with Crippen molar-refractivity contribution >= 4 is 21.1 Å². The van der Waals surface area contributed by atoms with E-state index < -0.39 is 38.8 Å². The number of fused-ring (bicyclic) bond motifs is 1. The highest BCUT2D eigenvalue weighted by Gasteiger charge is 2.40. The molecule has 29 heavy (non-hydrogen) atoms. The summed E-state index contributed by atoms with van der Waals surface area (Å²) in [6.45, 7) is 0. The third-order valence-electron chi connectivity index (χ3n) is 3.59. The van der Waals surface area contributed by atoms with Crippen molar-refractivity contribution in [2.45, 2.75) is 6.18 Å². The summed E-state index contributed by atoms with van der Waals surface area (Å²) >= 11 is 0. The van der Waals surface area contributed by atoms with Crippen molar-refractivity contribution in [2.24, 2.45) is 0 Å². The SMILES string of the molecule is COc1cccc(Oc2c(C(F)(F)F)oc3cc(OS(C)(=O)=O)ccc3c2=O)c1. The molecule has 0 radical (unpaired) electrons. The van der Waals surface area contributed by atoms with Crippen molar-refractivity contribution in [3.05, 3.63) is 58.4 Å². The standard InChI is InChI=1S/C18H13F3O7S/c1-25-10-4-3-5-11(8-10)26-16-15(22)13-7-6-12(28-29(2,23)24)9-14(13)27-17(16)18(19,20)21/h3-9H,1-2H3. The fourth-order valence-corrected chi connectivity index (χ4v) is 2.90. The van der Waals surface area contributed by atoms with Crippen LogP contribution in [0.3, 0.4) is 0 Å². The second-order valence-corrected chi connectivity index (χ2v) is 7.39. The van der Waals surface area contributed by atoms with Crippen molar-refractivity contribution in [1.82, 2.24) is 0 Å². The average molecular weight is 430 g/mol. The highest BCUT2D eigenvalue weighted by Crippen LogP contribution is 2.39. The van der Waals surface area contributed by atoms with Crippen LogP contribution < -0.4 is 19.1 Å². The predicted molar refractivity (Wildman–Crippen MR) is 96.0 cm³/mol. The van der Waals surface area contributed by atoms with Crippen LogP contribution in [0.25, 0.3) is 11.0 Å². The second-order valence-electron chi connectivity index (χ2n) is 5.81. The number of halogens is 3. The van der Waals surface area contributed by atoms with Gasteiger partial charge in [0.25, 0.3) is 5.76 Å². The van der Waals surface area contributed by atoms with Crippen molar-refractivity contribution in [3.8, 4) is 23.0 Å². The Bertz CT molecular complexity index is 1230. The first-order chi connectivity index (χ1) is 13.5. The molecule has 7 nitrogen and oxygen atoms in total. The summed E-state index contributed by atoms with van der Waals surface area (Å²) in [4.78, 5) is 12.7. The molecule has 0 aliphatic carbocycles. The Hall–Kier alpha value is -3.21. The molecule has 0 saturated heterocycles. The monoisotopic (exact) mass is 430 g/mol. The van der Waals surface area contributed by atoms with Gasteiger partial charge in [-0.15, -0.1) is 0 Å². The normalized spacial score (nSPS) is 12.0. The highest BCUT2D eigenvalue weighted by atomic mass is 32.2. The largest absolute Gasteiger partial charge is 0.497 e. The lowest BCUT2D eigenvalue weighted by Crippen LogP contribution is -2.15. The van der Waals surface area contributed by atoms with Crippen LogP contribution in [0.1, 0.15) is 5.76 Å². The van der Waals surface area contributed by atoms with Gasteiger partial charge in [-0.25, -0.2) is 0 Å². The maximum absolute atomic E-state index is 13.5. The fraction of sp³-hybridized carbons (Fsp3) is 0.167. The minimum Gasteiger partial charge on any atom is -0.497 e. The van der Waals surface area contributed by atoms with Crippen molar-refractivity contribution < 1.29 is 39.7 Å². The first-order valence-electron chi connectivity index (χ1n) is 7.87. The van der Waals surface area contributed by atoms with E-state index in [2.05, 4.69) is 4.18 Å². The molecular weight excluding hydrogens is 417 g/mol. The maximum atomic E-state index is 13.5. The van der Waals surface area contributed by atoms with Crippen LogP contribution in [0.15, 0.2) is 51.7 Å². The van der Waals surface area contributed by atoms with Gasteiger partial charge in [0.15, 0.2) is 0 Å². The molecule has 0 aliphatic heterocycles. The lowest BCUT2D eigenvalue weighted by Gasteiger charge is -2.14. The van der Waals surface area contributed by atoms with Gasteiger partial charge in [-0.3, -0.25) is 4.79 Å². The van der Waals surface area contributed by atoms with Crippen LogP contribution in [0, 0.1) is 0 Å². The Morgan fingerprint density at radius 1 is 1.00 bits per heavy atom. The molecule has 0 atom stereocenters. The van der Waals surface area contributed by atoms with E-state index in [-0.39, 0.29) is 16.9 Å². The van der Waals surface area contributed by atoms with Crippen LogP contribution in [0.5, 0.6) is 23.0 Å². The van der Waals surface area contributed by atoms with Gasteiger partial charge in [-0.2, -0.15) is 21.6 Å². The molecule has 0 unspecified atom stereocenters. The number of methoxy groups -OCH3 is 1. The summed E-state index contributed by atoms with van der Waals surface area (Å²) in [5.41, 5.74) is -1.60. The molecule has 0 saturated carbocycles. The molecule has 154 valence electrons. The van der Waals surface area contributed by atoms with E-state index in [4.69, 9.17) is 13.9 Å². The molecule has 11 heteroatoms. The third-order valence-corrected chi connectivity index (χ3v) is 4.08. The van der Waals surface area contributed by atoms with Gasteiger partial charge >= 0.3 is 16.3 Å². The number of hydrogen-bond donors (Lipinski definition) is 0. The molecule has 0 spiro atoms. The lowest BCUT2D eigenvalue weighted by atomic mass is 10.2. The Balaban J connectivity index is 2.19. The van der Waals surface area contributed by atoms with Gasteiger partial charge in [-0.05, 0) is 24.3 Å². The third kappa shape index (κ3) is 4.62. The zero-order valence-corrected chi connectivity index (χ0v) is 15.8. The quantitative estimate of drug-likeness (QED) is 0.566. The second kappa shape index (κ2) is 7.32. The summed E-state index contributed by atoms with van der Waals surface area (Å²) in [5.74, 6) is -2.80. The van der Waals surface area contributed by atoms with E-state index in [0.29, 0.717) is 5.75 Å². The smallest absolute Gasteiger partial charge is 0.453 e. The maximum Gasteiger partial charge on any atom is 0.453 e. The van der Waals surface area contributed by atoms with Crippen molar-refractivity contribution in [3.63, 3.8) is 0 Å². The van der Waals surface area contributed by atoms with Crippen LogP contribution in [0.4, 0.5) is 13.2 Å². The van der Waals surface area contributed by atoms with Crippen LogP contribution in [-0.2, 0) is 16.3 Å². The van der Waals surface area contributed by atoms with Crippen LogP contribution >= 0.6 is 0 Å². The number of alkyl halides is 3. The number of rotatable bonds is 5. The first kappa shape index (κ1) is 20.5. The van der Waals surface area contributed by atoms with Gasteiger partial charge in [0.05, 0.1) is 18.8 Å². The number of hydrogen-bond acceptors (Lipinski definition) is 7. The molecular formula is C18H13F3O7S. The highest BCUT2D eigenvalue weighted by molar-refractivity contribution is 7.86. The van der Waals surface area contributed by atoms with Crippen molar-refractivity contribution in [2.75, 3.05) is 13.4 Å². The van der Waals surface area contributed by atoms with E-state index in [1.165, 1.54) is 25.3 Å². The topological polar surface area (TPSA) is 92.0 Å². The Kier molecular flexibility index (Phi) is 5.18. The van der Waals surface area contributed by atoms with E-state index in [1.54, 1.807) is 6.07 Å². The Morgan fingerprint density at radius 3 is 2.31 bits per heavy atom. The minimum atomic E-state index is -5.06. The van der Waals surface area contributed by atoms with E-state index in [0.717, 1.165) is 24.5 Å². The summed E-state index contributed by atoms with van der Waals surface area (Å²) in [6.07, 6.45) is -4.30. The van der Waals surface area contributed by atoms with Crippen LogP contribution in [-0.4, -0.2) is 21.8 Å². The Morgan fingerprint density at radius 2 is 1.69 bits per heavy atom. The van der Waals surface area contributed by atoms with E-state index in [9.17, 15) is 26.4 Å². The number of benzene rings is 2. The van der Waals surface area contributed by atoms with E-state index >= 15 is 0 Å². The van der Waals surface area contributed by atoms with Gasteiger partial charge in [0.2, 0.25) is 11.2 Å². The fourth-order valence-electron chi connectivity index (χ4n) is 2.44. The minimum absolute atomic E-state index is 0.0708. The Labute approximate surface area is 162 Å². The molecule has 0 N–H and O–H groups in total. The summed E-state index contributed by atoms with van der Waals surface area (Å²) in [7, 11) is -2.57. The molecule has 0 bridgehead atoms. The van der Waals surface area contributed by atoms with Gasteiger partial charge in [-0.1, -0.05) is 6.07 Å². The predicted octanol–water partition coefficient (Wildman–Crippen LogP) is 3.95. The molecule has 1 heterocycles. The van der Waals surface area contributed by atoms with Gasteiger partial charge < -0.3 is 18.1 Å². The zero-order valence-electron chi connectivity index (χ0n) is 14.9. The summed E-state index contributed by atoms with van der Waals surface area (Å²) in [6, 6.07) is 8.73. The summed E-state index contributed by atoms with van der Waals surface area (Å²) < 4.78 is 82.6. The van der Waals surface area contributed by atoms with Crippen LogP contribution in [0.2, 0.25) is 0 Å². The van der Waals surface area contributed by atoms with E-state index in [1.807, 2.05) is 0 Å². The molecule has 0 fully saturated rings. The molecule has 3 aromatic rings. The molecule has 0 amide bonds. The summed E-state index contributed by atoms with van der Waals surface area (Å²) in [5, 5.41) is -0.253. The molecule has 1 aromatic heterocycles. The molecule has 2 aromatic carbocycles. The van der Waals surface area contributed by atoms with Crippen molar-refractivity contribution in [1.29, 1.82) is 0 Å². The first-order valence-corrected chi connectivity index (χ1v) is 9.69. The van der Waals surface area contributed by atoms with Gasteiger partial charge in [0, 0.05) is 12.1 Å². The lowest BCUT2D eigenvalue weighted by molar-refractivity contribution is -0.154.